The lowest BCUT2D eigenvalue weighted by atomic mass is 9.80. The summed E-state index contributed by atoms with van der Waals surface area (Å²) in [6.07, 6.45) is 2.23. The van der Waals surface area contributed by atoms with Crippen molar-refractivity contribution in [1.82, 2.24) is 9.80 Å². The maximum atomic E-state index is 12.5. The summed E-state index contributed by atoms with van der Waals surface area (Å²) in [5.74, 6) is 0.178. The average molecular weight is 294 g/mol. The highest BCUT2D eigenvalue weighted by Crippen LogP contribution is 2.33. The number of hydrogen-bond donors (Lipinski definition) is 0. The van der Waals surface area contributed by atoms with Crippen LogP contribution in [0.15, 0.2) is 16.8 Å². The Bertz CT molecular complexity index is 462. The van der Waals surface area contributed by atoms with Crippen LogP contribution in [-0.4, -0.2) is 62.1 Å². The van der Waals surface area contributed by atoms with E-state index in [4.69, 9.17) is 4.74 Å². The summed E-state index contributed by atoms with van der Waals surface area (Å²) in [6, 6.07) is 1.92. The number of rotatable bonds is 1. The maximum Gasteiger partial charge on any atom is 0.254 e. The van der Waals surface area contributed by atoms with Crippen LogP contribution in [0.2, 0.25) is 0 Å². The SMILES string of the molecule is CN1CCOC[C@@]2(CCCN(C(=O)c3ccsc3)C2)C1. The molecule has 1 amide bonds. The lowest BCUT2D eigenvalue weighted by Gasteiger charge is -2.43. The van der Waals surface area contributed by atoms with Gasteiger partial charge in [-0.25, -0.2) is 0 Å². The fraction of sp³-hybridized carbons (Fsp3) is 0.667. The van der Waals surface area contributed by atoms with Gasteiger partial charge in [0.15, 0.2) is 0 Å². The van der Waals surface area contributed by atoms with Gasteiger partial charge < -0.3 is 14.5 Å². The molecule has 3 heterocycles. The summed E-state index contributed by atoms with van der Waals surface area (Å²) >= 11 is 1.58. The Morgan fingerprint density at radius 3 is 3.10 bits per heavy atom. The first-order chi connectivity index (χ1) is 9.69. The zero-order valence-corrected chi connectivity index (χ0v) is 12.8. The summed E-state index contributed by atoms with van der Waals surface area (Å²) in [5.41, 5.74) is 0.949. The van der Waals surface area contributed by atoms with E-state index in [1.807, 2.05) is 21.7 Å². The van der Waals surface area contributed by atoms with E-state index in [9.17, 15) is 4.79 Å². The normalized spacial score (nSPS) is 28.6. The molecule has 0 aliphatic carbocycles. The van der Waals surface area contributed by atoms with E-state index in [-0.39, 0.29) is 11.3 Å². The number of amides is 1. The van der Waals surface area contributed by atoms with Gasteiger partial charge in [-0.2, -0.15) is 11.3 Å². The molecule has 2 saturated heterocycles. The second-order valence-corrected chi connectivity index (χ2v) is 6.91. The first-order valence-electron chi connectivity index (χ1n) is 7.26. The van der Waals surface area contributed by atoms with E-state index >= 15 is 0 Å². The lowest BCUT2D eigenvalue weighted by Crippen LogP contribution is -2.51. The highest BCUT2D eigenvalue weighted by Gasteiger charge is 2.39. The average Bonchev–Trinajstić information content (AvgIpc) is 2.91. The van der Waals surface area contributed by atoms with E-state index in [0.29, 0.717) is 0 Å². The number of hydrogen-bond acceptors (Lipinski definition) is 4. The second-order valence-electron chi connectivity index (χ2n) is 6.13. The number of nitrogens with zero attached hydrogens (tertiary/aromatic N) is 2. The molecular weight excluding hydrogens is 272 g/mol. The molecule has 0 bridgehead atoms. The maximum absolute atomic E-state index is 12.5. The van der Waals surface area contributed by atoms with Crippen LogP contribution >= 0.6 is 11.3 Å². The molecule has 0 radical (unpaired) electrons. The van der Waals surface area contributed by atoms with Gasteiger partial charge in [0.25, 0.3) is 5.91 Å². The molecule has 0 unspecified atom stereocenters. The number of carbonyl (C=O) groups is 1. The van der Waals surface area contributed by atoms with Crippen LogP contribution in [0.25, 0.3) is 0 Å². The summed E-state index contributed by atoms with van der Waals surface area (Å²) in [5, 5.41) is 3.91. The van der Waals surface area contributed by atoms with E-state index in [1.165, 1.54) is 0 Å². The Balaban J connectivity index is 1.74. The van der Waals surface area contributed by atoms with Crippen molar-refractivity contribution in [2.24, 2.45) is 5.41 Å². The van der Waals surface area contributed by atoms with Gasteiger partial charge in [-0.15, -0.1) is 0 Å². The number of piperidine rings is 1. The summed E-state index contributed by atoms with van der Waals surface area (Å²) in [7, 11) is 2.15. The van der Waals surface area contributed by atoms with E-state index in [1.54, 1.807) is 11.3 Å². The first-order valence-corrected chi connectivity index (χ1v) is 8.21. The fourth-order valence-corrected chi connectivity index (χ4v) is 4.03. The van der Waals surface area contributed by atoms with Crippen molar-refractivity contribution in [2.75, 3.05) is 46.4 Å². The van der Waals surface area contributed by atoms with Gasteiger partial charge in [0.05, 0.1) is 18.8 Å². The van der Waals surface area contributed by atoms with Crippen molar-refractivity contribution in [2.45, 2.75) is 12.8 Å². The standard InChI is InChI=1S/C15H22N2O2S/c1-16-6-7-19-12-15(10-16)4-2-5-17(11-15)14(18)13-3-8-20-9-13/h3,8-9H,2,4-7,10-12H2,1H3/t15-/m0/s1. The van der Waals surface area contributed by atoms with Crippen molar-refractivity contribution in [3.8, 4) is 0 Å². The Morgan fingerprint density at radius 2 is 2.30 bits per heavy atom. The summed E-state index contributed by atoms with van der Waals surface area (Å²) in [4.78, 5) is 16.9. The molecule has 2 aliphatic rings. The van der Waals surface area contributed by atoms with Gasteiger partial charge in [-0.1, -0.05) is 0 Å². The number of likely N-dealkylation sites (N-methyl/N-ethyl adjacent to an activating group) is 1. The van der Waals surface area contributed by atoms with E-state index in [2.05, 4.69) is 11.9 Å². The molecule has 110 valence electrons. The lowest BCUT2D eigenvalue weighted by molar-refractivity contribution is 0.00863. The zero-order valence-electron chi connectivity index (χ0n) is 12.0. The van der Waals surface area contributed by atoms with E-state index < -0.39 is 0 Å². The van der Waals surface area contributed by atoms with Gasteiger partial charge in [-0.05, 0) is 31.3 Å². The van der Waals surface area contributed by atoms with Crippen molar-refractivity contribution < 1.29 is 9.53 Å². The molecule has 1 aromatic heterocycles. The largest absolute Gasteiger partial charge is 0.379 e. The molecule has 20 heavy (non-hydrogen) atoms. The van der Waals surface area contributed by atoms with Crippen LogP contribution in [0.3, 0.4) is 0 Å². The molecule has 2 fully saturated rings. The van der Waals surface area contributed by atoms with Crippen molar-refractivity contribution in [3.05, 3.63) is 22.4 Å². The molecule has 4 nitrogen and oxygen atoms in total. The van der Waals surface area contributed by atoms with Crippen molar-refractivity contribution in [1.29, 1.82) is 0 Å². The molecule has 0 saturated carbocycles. The predicted molar refractivity (Wildman–Crippen MR) is 80.2 cm³/mol. The topological polar surface area (TPSA) is 32.8 Å². The third-order valence-corrected chi connectivity index (χ3v) is 5.03. The number of carbonyl (C=O) groups excluding carboxylic acids is 1. The van der Waals surface area contributed by atoms with Gasteiger partial charge in [0.2, 0.25) is 0 Å². The van der Waals surface area contributed by atoms with Crippen molar-refractivity contribution in [3.63, 3.8) is 0 Å². The summed E-state index contributed by atoms with van der Waals surface area (Å²) < 4.78 is 5.80. The molecule has 1 atom stereocenters. The number of thiophene rings is 1. The van der Waals surface area contributed by atoms with E-state index in [0.717, 1.165) is 57.8 Å². The second kappa shape index (κ2) is 5.84. The van der Waals surface area contributed by atoms with Crippen LogP contribution in [0.1, 0.15) is 23.2 Å². The molecule has 1 spiro atoms. The smallest absolute Gasteiger partial charge is 0.254 e. The summed E-state index contributed by atoms with van der Waals surface area (Å²) in [6.45, 7) is 5.30. The third-order valence-electron chi connectivity index (χ3n) is 4.35. The zero-order chi connectivity index (χ0) is 14.0. The Morgan fingerprint density at radius 1 is 1.40 bits per heavy atom. The molecule has 0 aromatic carbocycles. The fourth-order valence-electron chi connectivity index (χ4n) is 3.40. The minimum atomic E-state index is 0.120. The Labute approximate surface area is 124 Å². The number of likely N-dealkylation sites (tertiary alicyclic amines) is 1. The van der Waals surface area contributed by atoms with Gasteiger partial charge in [0.1, 0.15) is 0 Å². The molecule has 0 N–H and O–H groups in total. The number of ether oxygens (including phenoxy) is 1. The quantitative estimate of drug-likeness (QED) is 0.793. The molecular formula is C15H22N2O2S. The van der Waals surface area contributed by atoms with Gasteiger partial charge >= 0.3 is 0 Å². The molecule has 1 aromatic rings. The minimum absolute atomic E-state index is 0.120. The highest BCUT2D eigenvalue weighted by molar-refractivity contribution is 7.08. The van der Waals surface area contributed by atoms with Gasteiger partial charge in [-0.3, -0.25) is 4.79 Å². The van der Waals surface area contributed by atoms with Crippen LogP contribution in [0, 0.1) is 5.41 Å². The van der Waals surface area contributed by atoms with Crippen molar-refractivity contribution >= 4 is 17.2 Å². The Kier molecular flexibility index (Phi) is 4.10. The Hall–Kier alpha value is -0.910. The highest BCUT2D eigenvalue weighted by atomic mass is 32.1. The van der Waals surface area contributed by atoms with Crippen LogP contribution in [0.5, 0.6) is 0 Å². The monoisotopic (exact) mass is 294 g/mol. The predicted octanol–water partition coefficient (Wildman–Crippen LogP) is 1.93. The minimum Gasteiger partial charge on any atom is -0.379 e. The van der Waals surface area contributed by atoms with Crippen LogP contribution in [-0.2, 0) is 4.74 Å². The molecule has 3 rings (SSSR count). The first kappa shape index (κ1) is 14.0. The third kappa shape index (κ3) is 2.90. The van der Waals surface area contributed by atoms with Gasteiger partial charge in [0, 0.05) is 37.0 Å². The van der Waals surface area contributed by atoms with Crippen LogP contribution < -0.4 is 0 Å². The molecule has 5 heteroatoms. The van der Waals surface area contributed by atoms with Crippen LogP contribution in [0.4, 0.5) is 0 Å². The molecule has 2 aliphatic heterocycles.